The molecule has 0 aliphatic carbocycles. The predicted octanol–water partition coefficient (Wildman–Crippen LogP) is 11.2. The Morgan fingerprint density at radius 2 is 0.610 bits per heavy atom. The molecular formula is C39H36N2. The van der Waals surface area contributed by atoms with Gasteiger partial charge in [0.2, 0.25) is 0 Å². The van der Waals surface area contributed by atoms with E-state index in [1.807, 2.05) is 24.3 Å². The molecule has 0 aromatic heterocycles. The minimum atomic E-state index is 1.07. The molecule has 6 aromatic rings. The molecule has 0 saturated heterocycles. The second kappa shape index (κ2) is 13.8. The lowest BCUT2D eigenvalue weighted by molar-refractivity contribution is 1.14. The van der Waals surface area contributed by atoms with Crippen LogP contribution in [0.4, 0.5) is 34.1 Å². The van der Waals surface area contributed by atoms with Crippen molar-refractivity contribution in [2.45, 2.75) is 20.3 Å². The number of hydrogen-bond acceptors (Lipinski definition) is 2. The number of anilines is 6. The SMILES string of the molecule is CCc1ccc(N(c2ccccc2)c2ccccc2)cc1.Cc1ccc(N(c2ccccc2)c2ccccc2)cc1. The van der Waals surface area contributed by atoms with Crippen LogP contribution in [0.3, 0.4) is 0 Å². The fraction of sp³-hybridized carbons (Fsp3) is 0.0769. The summed E-state index contributed by atoms with van der Waals surface area (Å²) in [5, 5.41) is 0. The van der Waals surface area contributed by atoms with E-state index in [1.165, 1.54) is 45.3 Å². The number of rotatable bonds is 7. The Bertz CT molecular complexity index is 1500. The Morgan fingerprint density at radius 1 is 0.341 bits per heavy atom. The molecule has 0 unspecified atom stereocenters. The Balaban J connectivity index is 0.000000165. The summed E-state index contributed by atoms with van der Waals surface area (Å²) in [7, 11) is 0. The molecule has 0 radical (unpaired) electrons. The smallest absolute Gasteiger partial charge is 0.0461 e. The first-order chi connectivity index (χ1) is 20.2. The van der Waals surface area contributed by atoms with Crippen molar-refractivity contribution in [3.05, 3.63) is 181 Å². The van der Waals surface area contributed by atoms with Crippen molar-refractivity contribution in [2.24, 2.45) is 0 Å². The van der Waals surface area contributed by atoms with Gasteiger partial charge in [-0.2, -0.15) is 0 Å². The van der Waals surface area contributed by atoms with Crippen LogP contribution in [-0.2, 0) is 6.42 Å². The molecule has 0 bridgehead atoms. The molecule has 0 saturated carbocycles. The Hall–Kier alpha value is -5.08. The van der Waals surface area contributed by atoms with Crippen LogP contribution in [0.2, 0.25) is 0 Å². The molecule has 0 aliphatic heterocycles. The number of nitrogens with zero attached hydrogens (tertiary/aromatic N) is 2. The first kappa shape index (κ1) is 27.5. The third kappa shape index (κ3) is 7.12. The Morgan fingerprint density at radius 3 is 0.902 bits per heavy atom. The van der Waals surface area contributed by atoms with Crippen molar-refractivity contribution < 1.29 is 0 Å². The zero-order valence-corrected chi connectivity index (χ0v) is 23.8. The zero-order valence-electron chi connectivity index (χ0n) is 23.8. The fourth-order valence-corrected chi connectivity index (χ4v) is 4.78. The molecule has 41 heavy (non-hydrogen) atoms. The van der Waals surface area contributed by atoms with Gasteiger partial charge in [-0.15, -0.1) is 0 Å². The van der Waals surface area contributed by atoms with Gasteiger partial charge in [0.1, 0.15) is 0 Å². The van der Waals surface area contributed by atoms with Crippen molar-refractivity contribution in [3.63, 3.8) is 0 Å². The highest BCUT2D eigenvalue weighted by Gasteiger charge is 2.12. The van der Waals surface area contributed by atoms with Gasteiger partial charge in [0.05, 0.1) is 0 Å². The van der Waals surface area contributed by atoms with E-state index in [1.54, 1.807) is 0 Å². The molecule has 202 valence electrons. The summed E-state index contributed by atoms with van der Waals surface area (Å²) < 4.78 is 0. The average molecular weight is 533 g/mol. The van der Waals surface area contributed by atoms with Gasteiger partial charge in [0.25, 0.3) is 0 Å². The Labute approximate surface area is 244 Å². The summed E-state index contributed by atoms with van der Waals surface area (Å²) in [6.07, 6.45) is 1.07. The van der Waals surface area contributed by atoms with Crippen molar-refractivity contribution in [2.75, 3.05) is 9.80 Å². The number of hydrogen-bond donors (Lipinski definition) is 0. The van der Waals surface area contributed by atoms with Gasteiger partial charge in [-0.3, -0.25) is 0 Å². The van der Waals surface area contributed by atoms with E-state index in [0.717, 1.165) is 6.42 Å². The molecule has 6 aromatic carbocycles. The molecule has 0 heterocycles. The van der Waals surface area contributed by atoms with Gasteiger partial charge >= 0.3 is 0 Å². The van der Waals surface area contributed by atoms with Crippen LogP contribution in [0.15, 0.2) is 170 Å². The van der Waals surface area contributed by atoms with E-state index in [2.05, 4.69) is 169 Å². The van der Waals surface area contributed by atoms with Crippen molar-refractivity contribution in [1.82, 2.24) is 0 Å². The maximum Gasteiger partial charge on any atom is 0.0461 e. The molecule has 0 aliphatic rings. The van der Waals surface area contributed by atoms with Gasteiger partial charge < -0.3 is 9.80 Å². The molecule has 0 N–H and O–H groups in total. The average Bonchev–Trinajstić information content (AvgIpc) is 3.05. The van der Waals surface area contributed by atoms with E-state index in [9.17, 15) is 0 Å². The van der Waals surface area contributed by atoms with E-state index in [-0.39, 0.29) is 0 Å². The largest absolute Gasteiger partial charge is 0.311 e. The number of benzene rings is 6. The highest BCUT2D eigenvalue weighted by Crippen LogP contribution is 2.35. The summed E-state index contributed by atoms with van der Waals surface area (Å²) in [6.45, 7) is 4.29. The van der Waals surface area contributed by atoms with Crippen LogP contribution in [0.25, 0.3) is 0 Å². The molecule has 0 atom stereocenters. The fourth-order valence-electron chi connectivity index (χ4n) is 4.78. The molecule has 0 amide bonds. The quantitative estimate of drug-likeness (QED) is 0.202. The third-order valence-electron chi connectivity index (χ3n) is 6.95. The molecule has 0 spiro atoms. The first-order valence-electron chi connectivity index (χ1n) is 14.2. The second-order valence-corrected chi connectivity index (χ2v) is 9.87. The van der Waals surface area contributed by atoms with Gasteiger partial charge in [-0.05, 0) is 91.7 Å². The van der Waals surface area contributed by atoms with Gasteiger partial charge in [-0.25, -0.2) is 0 Å². The zero-order chi connectivity index (χ0) is 28.3. The van der Waals surface area contributed by atoms with Crippen molar-refractivity contribution in [3.8, 4) is 0 Å². The third-order valence-corrected chi connectivity index (χ3v) is 6.95. The first-order valence-corrected chi connectivity index (χ1v) is 14.2. The topological polar surface area (TPSA) is 6.48 Å². The van der Waals surface area contributed by atoms with E-state index in [0.29, 0.717) is 0 Å². The Kier molecular flexibility index (Phi) is 9.26. The number of para-hydroxylation sites is 4. The van der Waals surface area contributed by atoms with Crippen LogP contribution in [0, 0.1) is 6.92 Å². The minimum Gasteiger partial charge on any atom is -0.311 e. The highest BCUT2D eigenvalue weighted by molar-refractivity contribution is 5.77. The highest BCUT2D eigenvalue weighted by atomic mass is 15.1. The van der Waals surface area contributed by atoms with Gasteiger partial charge in [0.15, 0.2) is 0 Å². The van der Waals surface area contributed by atoms with Crippen LogP contribution < -0.4 is 9.80 Å². The number of aryl methyl sites for hydroxylation is 2. The molecule has 2 heteroatoms. The van der Waals surface area contributed by atoms with Crippen LogP contribution in [0.5, 0.6) is 0 Å². The molecule has 2 nitrogen and oxygen atoms in total. The molecule has 6 rings (SSSR count). The van der Waals surface area contributed by atoms with E-state index in [4.69, 9.17) is 0 Å². The van der Waals surface area contributed by atoms with Gasteiger partial charge in [-0.1, -0.05) is 110 Å². The normalized spacial score (nSPS) is 10.3. The lowest BCUT2D eigenvalue weighted by Crippen LogP contribution is -2.09. The lowest BCUT2D eigenvalue weighted by atomic mass is 10.1. The monoisotopic (exact) mass is 532 g/mol. The molecule has 0 fully saturated rings. The van der Waals surface area contributed by atoms with Crippen LogP contribution in [0.1, 0.15) is 18.1 Å². The van der Waals surface area contributed by atoms with Crippen molar-refractivity contribution >= 4 is 34.1 Å². The summed E-state index contributed by atoms with van der Waals surface area (Å²) >= 11 is 0. The molecular weight excluding hydrogens is 496 g/mol. The maximum absolute atomic E-state index is 2.28. The standard InChI is InChI=1S/C20H19N.C19H17N/c1-2-17-13-15-20(16-14-17)21(18-9-5-3-6-10-18)19-11-7-4-8-12-19;1-16-12-14-19(15-13-16)20(17-8-4-2-5-9-17)18-10-6-3-7-11-18/h3-16H,2H2,1H3;2-15H,1H3. The summed E-state index contributed by atoms with van der Waals surface area (Å²) in [5.74, 6) is 0. The maximum atomic E-state index is 2.28. The minimum absolute atomic E-state index is 1.07. The van der Waals surface area contributed by atoms with Crippen molar-refractivity contribution in [1.29, 1.82) is 0 Å². The van der Waals surface area contributed by atoms with E-state index < -0.39 is 0 Å². The summed E-state index contributed by atoms with van der Waals surface area (Å²) in [6, 6.07) is 59.3. The lowest BCUT2D eigenvalue weighted by Gasteiger charge is -2.25. The summed E-state index contributed by atoms with van der Waals surface area (Å²) in [5.41, 5.74) is 9.68. The van der Waals surface area contributed by atoms with Crippen LogP contribution in [-0.4, -0.2) is 0 Å². The predicted molar refractivity (Wildman–Crippen MR) is 176 cm³/mol. The second-order valence-electron chi connectivity index (χ2n) is 9.87. The summed E-state index contributed by atoms with van der Waals surface area (Å²) in [4.78, 5) is 4.54. The van der Waals surface area contributed by atoms with Gasteiger partial charge in [0, 0.05) is 34.1 Å². The van der Waals surface area contributed by atoms with E-state index >= 15 is 0 Å². The van der Waals surface area contributed by atoms with Crippen LogP contribution >= 0.6 is 0 Å².